The van der Waals surface area contributed by atoms with Crippen molar-refractivity contribution in [2.45, 2.75) is 129 Å². The molecule has 2 saturated heterocycles. The quantitative estimate of drug-likeness (QED) is 0.348. The molecule has 0 aromatic heterocycles. The van der Waals surface area contributed by atoms with Crippen LogP contribution >= 0.6 is 0 Å². The number of hydrogen-bond acceptors (Lipinski definition) is 6. The zero-order chi connectivity index (χ0) is 24.4. The first-order chi connectivity index (χ1) is 13.8. The van der Waals surface area contributed by atoms with Gasteiger partial charge in [-0.25, -0.2) is 0 Å². The Balaban J connectivity index is 0.000000311. The van der Waals surface area contributed by atoms with Crippen molar-refractivity contribution in [2.75, 3.05) is 21.1 Å². The largest absolute Gasteiger partial charge is 0.478 e. The molecule has 0 aromatic carbocycles. The van der Waals surface area contributed by atoms with Crippen molar-refractivity contribution >= 4 is 11.9 Å². The summed E-state index contributed by atoms with van der Waals surface area (Å²) in [4.78, 5) is 19.9. The van der Waals surface area contributed by atoms with Gasteiger partial charge in [-0.05, 0) is 69.5 Å². The van der Waals surface area contributed by atoms with Crippen molar-refractivity contribution in [3.8, 4) is 0 Å². The Morgan fingerprint density at radius 2 is 1.00 bits per heavy atom. The molecule has 0 radical (unpaired) electrons. The lowest BCUT2D eigenvalue weighted by Crippen LogP contribution is -2.60. The van der Waals surface area contributed by atoms with Gasteiger partial charge in [0.2, 0.25) is 0 Å². The molecular weight excluding hydrogens is 390 g/mol. The first kappa shape index (κ1) is 27.9. The molecule has 0 N–H and O–H groups in total. The van der Waals surface area contributed by atoms with Crippen LogP contribution in [0, 0.1) is 0 Å². The molecule has 182 valence electrons. The molecule has 0 saturated carbocycles. The molecule has 31 heavy (non-hydrogen) atoms. The average molecular weight is 440 g/mol. The van der Waals surface area contributed by atoms with E-state index in [1.165, 1.54) is 6.92 Å². The Bertz CT molecular complexity index is 616. The third-order valence-electron chi connectivity index (χ3n) is 7.53. The predicted molar refractivity (Wildman–Crippen MR) is 130 cm³/mol. The lowest BCUT2D eigenvalue weighted by atomic mass is 9.79. The number of hydrogen-bond donors (Lipinski definition) is 0. The van der Waals surface area contributed by atoms with Gasteiger partial charge in [0.05, 0.1) is 0 Å². The molecule has 2 rings (SSSR count). The van der Waals surface area contributed by atoms with Gasteiger partial charge in [0.25, 0.3) is 0 Å². The van der Waals surface area contributed by atoms with Crippen molar-refractivity contribution in [1.29, 1.82) is 0 Å². The summed E-state index contributed by atoms with van der Waals surface area (Å²) in [5.74, 6) is 0.623. The smallest absolute Gasteiger partial charge is 0.302 e. The maximum absolute atomic E-state index is 11.0. The molecule has 6 heteroatoms. The van der Waals surface area contributed by atoms with E-state index in [1.807, 2.05) is 6.92 Å². The number of carbonyl (C=O) groups is 1. The van der Waals surface area contributed by atoms with Crippen LogP contribution in [0.3, 0.4) is 0 Å². The molecule has 0 atom stereocenters. The fourth-order valence-corrected chi connectivity index (χ4v) is 5.25. The Morgan fingerprint density at radius 1 is 0.710 bits per heavy atom. The monoisotopic (exact) mass is 439 g/mol. The zero-order valence-electron chi connectivity index (χ0n) is 22.5. The lowest BCUT2D eigenvalue weighted by Gasteiger charge is -2.53. The standard InChI is InChI=1S/C13H26N2O.C12H23NO2/c1-10(14-6)16-11-8-12(2,3)15(7)13(4,5)9-11;1-9(14)15-10-7-11(2,3)13(6)12(4,5)8-10/h11H,8-9H2,1-7H3;10H,7-8H2,1-6H3. The van der Waals surface area contributed by atoms with E-state index in [0.717, 1.165) is 31.6 Å². The Morgan fingerprint density at radius 3 is 1.26 bits per heavy atom. The predicted octanol–water partition coefficient (Wildman–Crippen LogP) is 4.90. The van der Waals surface area contributed by atoms with E-state index in [0.29, 0.717) is 0 Å². The fraction of sp³-hybridized carbons (Fsp3) is 0.920. The number of rotatable bonds is 2. The molecule has 0 aromatic rings. The Kier molecular flexibility index (Phi) is 8.80. The third-order valence-corrected chi connectivity index (χ3v) is 7.53. The first-order valence-corrected chi connectivity index (χ1v) is 11.6. The van der Waals surface area contributed by atoms with E-state index in [-0.39, 0.29) is 40.3 Å². The Hall–Kier alpha value is -1.14. The average Bonchev–Trinajstić information content (AvgIpc) is 2.56. The number of ether oxygens (including phenoxy) is 2. The van der Waals surface area contributed by atoms with Gasteiger partial charge in [-0.2, -0.15) is 0 Å². The highest BCUT2D eigenvalue weighted by Crippen LogP contribution is 2.39. The number of likely N-dealkylation sites (tertiary alicyclic amines) is 2. The van der Waals surface area contributed by atoms with Gasteiger partial charge in [0, 0.05) is 68.7 Å². The topological polar surface area (TPSA) is 54.4 Å². The highest BCUT2D eigenvalue weighted by molar-refractivity contribution is 5.73. The van der Waals surface area contributed by atoms with Gasteiger partial charge < -0.3 is 9.47 Å². The minimum absolute atomic E-state index is 0.0590. The molecule has 0 aliphatic carbocycles. The van der Waals surface area contributed by atoms with Crippen LogP contribution in [0.2, 0.25) is 0 Å². The van der Waals surface area contributed by atoms with Gasteiger partial charge in [-0.15, -0.1) is 0 Å². The van der Waals surface area contributed by atoms with Crippen LogP contribution < -0.4 is 0 Å². The van der Waals surface area contributed by atoms with E-state index in [4.69, 9.17) is 9.47 Å². The molecule has 2 aliphatic heterocycles. The van der Waals surface area contributed by atoms with Gasteiger partial charge >= 0.3 is 5.97 Å². The number of piperidine rings is 2. The van der Waals surface area contributed by atoms with Crippen LogP contribution in [-0.4, -0.2) is 77.2 Å². The molecule has 2 heterocycles. The van der Waals surface area contributed by atoms with Gasteiger partial charge in [0.1, 0.15) is 12.2 Å². The van der Waals surface area contributed by atoms with E-state index in [1.54, 1.807) is 7.05 Å². The molecule has 0 amide bonds. The van der Waals surface area contributed by atoms with E-state index in [2.05, 4.69) is 84.3 Å². The van der Waals surface area contributed by atoms with Crippen LogP contribution in [0.5, 0.6) is 0 Å². The molecule has 6 nitrogen and oxygen atoms in total. The molecule has 0 bridgehead atoms. The van der Waals surface area contributed by atoms with Gasteiger partial charge in [-0.1, -0.05) is 0 Å². The second-order valence-electron chi connectivity index (χ2n) is 11.9. The zero-order valence-corrected chi connectivity index (χ0v) is 22.5. The maximum atomic E-state index is 11.0. The van der Waals surface area contributed by atoms with Crippen molar-refractivity contribution in [3.05, 3.63) is 0 Å². The highest BCUT2D eigenvalue weighted by Gasteiger charge is 2.45. The molecule has 0 spiro atoms. The summed E-state index contributed by atoms with van der Waals surface area (Å²) in [6, 6.07) is 0. The number of aliphatic imine (C=N–C) groups is 1. The third kappa shape index (κ3) is 7.45. The second kappa shape index (κ2) is 9.78. The number of carbonyl (C=O) groups excluding carboxylic acids is 1. The minimum atomic E-state index is -0.170. The van der Waals surface area contributed by atoms with Gasteiger partial charge in [-0.3, -0.25) is 19.6 Å². The summed E-state index contributed by atoms with van der Waals surface area (Å²) in [5, 5.41) is 0. The van der Waals surface area contributed by atoms with Crippen LogP contribution in [0.1, 0.15) is 94.9 Å². The molecule has 2 aliphatic rings. The van der Waals surface area contributed by atoms with Crippen molar-refractivity contribution < 1.29 is 14.3 Å². The number of esters is 1. The lowest BCUT2D eigenvalue weighted by molar-refractivity contribution is -0.156. The van der Waals surface area contributed by atoms with Crippen LogP contribution in [0.4, 0.5) is 0 Å². The van der Waals surface area contributed by atoms with Crippen molar-refractivity contribution in [2.24, 2.45) is 4.99 Å². The molecular formula is C25H49N3O3. The SMILES string of the molecule is CC(=O)OC1CC(C)(C)N(C)C(C)(C)C1.CN=C(C)OC1CC(C)(C)N(C)C(C)(C)C1. The fourth-order valence-electron chi connectivity index (χ4n) is 5.25. The summed E-state index contributed by atoms with van der Waals surface area (Å²) in [5.41, 5.74) is 0.532. The van der Waals surface area contributed by atoms with E-state index >= 15 is 0 Å². The number of nitrogens with zero attached hydrogens (tertiary/aromatic N) is 3. The second-order valence-corrected chi connectivity index (χ2v) is 11.9. The van der Waals surface area contributed by atoms with Gasteiger partial charge in [0.15, 0.2) is 5.90 Å². The van der Waals surface area contributed by atoms with Crippen molar-refractivity contribution in [1.82, 2.24) is 9.80 Å². The van der Waals surface area contributed by atoms with E-state index < -0.39 is 0 Å². The van der Waals surface area contributed by atoms with E-state index in [9.17, 15) is 4.79 Å². The summed E-state index contributed by atoms with van der Waals surface area (Å²) in [7, 11) is 6.13. The highest BCUT2D eigenvalue weighted by atomic mass is 16.5. The molecule has 0 unspecified atom stereocenters. The maximum Gasteiger partial charge on any atom is 0.302 e. The van der Waals surface area contributed by atoms with Crippen LogP contribution in [0.25, 0.3) is 0 Å². The van der Waals surface area contributed by atoms with Crippen LogP contribution in [-0.2, 0) is 14.3 Å². The summed E-state index contributed by atoms with van der Waals surface area (Å²) < 4.78 is 11.2. The Labute approximate surface area is 191 Å². The summed E-state index contributed by atoms with van der Waals surface area (Å²) >= 11 is 0. The van der Waals surface area contributed by atoms with Crippen molar-refractivity contribution in [3.63, 3.8) is 0 Å². The summed E-state index contributed by atoms with van der Waals surface area (Å²) in [6.07, 6.45) is 4.27. The summed E-state index contributed by atoms with van der Waals surface area (Å²) in [6.45, 7) is 21.3. The minimum Gasteiger partial charge on any atom is -0.478 e. The normalized spacial score (nSPS) is 26.5. The van der Waals surface area contributed by atoms with Crippen LogP contribution in [0.15, 0.2) is 4.99 Å². The molecule has 2 fully saturated rings. The first-order valence-electron chi connectivity index (χ1n) is 11.6.